The number of Topliss-reactive ketones (excluding diaryl/α,β-unsaturated/α-hetero) is 1. The van der Waals surface area contributed by atoms with Gasteiger partial charge in [0, 0.05) is 42.8 Å². The van der Waals surface area contributed by atoms with Gasteiger partial charge in [-0.05, 0) is 42.5 Å². The van der Waals surface area contributed by atoms with Crippen molar-refractivity contribution in [1.29, 1.82) is 0 Å². The maximum absolute atomic E-state index is 12.9. The SMILES string of the molecule is COc1ccc(N2CCN(CC(=O)c3ccc4c(c3)OCC(C)(C)CO4)CC2)cc1. The van der Waals surface area contributed by atoms with Crippen molar-refractivity contribution in [3.05, 3.63) is 48.0 Å². The van der Waals surface area contributed by atoms with E-state index in [9.17, 15) is 4.79 Å². The molecule has 2 heterocycles. The highest BCUT2D eigenvalue weighted by molar-refractivity contribution is 5.98. The molecule has 6 heteroatoms. The average molecular weight is 411 g/mol. The minimum atomic E-state index is -0.0489. The van der Waals surface area contributed by atoms with Crippen LogP contribution in [0.2, 0.25) is 0 Å². The highest BCUT2D eigenvalue weighted by Gasteiger charge is 2.26. The van der Waals surface area contributed by atoms with E-state index in [1.807, 2.05) is 30.3 Å². The molecule has 160 valence electrons. The number of nitrogens with zero attached hydrogens (tertiary/aromatic N) is 2. The van der Waals surface area contributed by atoms with Crippen LogP contribution in [-0.4, -0.2) is 63.7 Å². The number of hydrogen-bond donors (Lipinski definition) is 0. The molecule has 6 nitrogen and oxygen atoms in total. The number of rotatable bonds is 5. The van der Waals surface area contributed by atoms with Gasteiger partial charge in [-0.2, -0.15) is 0 Å². The van der Waals surface area contributed by atoms with Crippen molar-refractivity contribution in [3.8, 4) is 17.2 Å². The van der Waals surface area contributed by atoms with E-state index in [4.69, 9.17) is 14.2 Å². The first-order valence-electron chi connectivity index (χ1n) is 10.5. The van der Waals surface area contributed by atoms with Crippen molar-refractivity contribution in [2.45, 2.75) is 13.8 Å². The van der Waals surface area contributed by atoms with Crippen LogP contribution >= 0.6 is 0 Å². The number of methoxy groups -OCH3 is 1. The lowest BCUT2D eigenvalue weighted by Gasteiger charge is -2.35. The van der Waals surface area contributed by atoms with Crippen molar-refractivity contribution in [1.82, 2.24) is 4.90 Å². The van der Waals surface area contributed by atoms with Gasteiger partial charge < -0.3 is 19.1 Å². The van der Waals surface area contributed by atoms with Gasteiger partial charge in [-0.15, -0.1) is 0 Å². The molecular formula is C24H30N2O4. The molecule has 30 heavy (non-hydrogen) atoms. The molecule has 0 amide bonds. The van der Waals surface area contributed by atoms with Gasteiger partial charge in [0.25, 0.3) is 0 Å². The van der Waals surface area contributed by atoms with Crippen molar-refractivity contribution in [2.24, 2.45) is 5.41 Å². The zero-order valence-electron chi connectivity index (χ0n) is 18.0. The second-order valence-corrected chi connectivity index (χ2v) is 8.79. The van der Waals surface area contributed by atoms with Crippen LogP contribution in [0.5, 0.6) is 17.2 Å². The standard InChI is InChI=1S/C24H30N2O4/c1-24(2)16-29-22-9-4-18(14-23(22)30-17-24)21(27)15-25-10-12-26(13-11-25)19-5-7-20(28-3)8-6-19/h4-9,14H,10-13,15-17H2,1-3H3. The number of fused-ring (bicyclic) bond motifs is 1. The first-order chi connectivity index (χ1) is 14.4. The van der Waals surface area contributed by atoms with Crippen LogP contribution < -0.4 is 19.1 Å². The van der Waals surface area contributed by atoms with Crippen molar-refractivity contribution < 1.29 is 19.0 Å². The van der Waals surface area contributed by atoms with Crippen LogP contribution in [0.15, 0.2) is 42.5 Å². The number of ketones is 1. The Morgan fingerprint density at radius 1 is 0.967 bits per heavy atom. The van der Waals surface area contributed by atoms with Gasteiger partial charge in [0.2, 0.25) is 0 Å². The Hall–Kier alpha value is -2.73. The van der Waals surface area contributed by atoms with Crippen molar-refractivity contribution >= 4 is 11.5 Å². The highest BCUT2D eigenvalue weighted by Crippen LogP contribution is 2.34. The van der Waals surface area contributed by atoms with E-state index >= 15 is 0 Å². The number of carbonyl (C=O) groups is 1. The summed E-state index contributed by atoms with van der Waals surface area (Å²) in [6.45, 7) is 9.32. The second-order valence-electron chi connectivity index (χ2n) is 8.79. The Balaban J connectivity index is 1.33. The summed E-state index contributed by atoms with van der Waals surface area (Å²) in [5.41, 5.74) is 1.81. The lowest BCUT2D eigenvalue weighted by atomic mass is 9.97. The molecule has 2 aliphatic heterocycles. The van der Waals surface area contributed by atoms with Crippen LogP contribution in [0.25, 0.3) is 0 Å². The fourth-order valence-corrected chi connectivity index (χ4v) is 3.75. The van der Waals surface area contributed by atoms with Crippen LogP contribution in [-0.2, 0) is 0 Å². The van der Waals surface area contributed by atoms with E-state index in [1.54, 1.807) is 7.11 Å². The third-order valence-corrected chi connectivity index (χ3v) is 5.68. The molecule has 0 atom stereocenters. The van der Waals surface area contributed by atoms with E-state index in [0.717, 1.165) is 31.9 Å². The molecule has 0 N–H and O–H groups in total. The van der Waals surface area contributed by atoms with Crippen LogP contribution in [0, 0.1) is 5.41 Å². The number of anilines is 1. The third kappa shape index (κ3) is 4.70. The first-order valence-corrected chi connectivity index (χ1v) is 10.5. The molecule has 1 fully saturated rings. The van der Waals surface area contributed by atoms with Gasteiger partial charge in [-0.3, -0.25) is 9.69 Å². The van der Waals surface area contributed by atoms with Crippen LogP contribution in [0.1, 0.15) is 24.2 Å². The molecule has 2 aromatic carbocycles. The molecule has 1 saturated heterocycles. The third-order valence-electron chi connectivity index (χ3n) is 5.68. The summed E-state index contributed by atoms with van der Waals surface area (Å²) in [7, 11) is 1.68. The zero-order valence-corrected chi connectivity index (χ0v) is 18.0. The van der Waals surface area contributed by atoms with Crippen LogP contribution in [0.3, 0.4) is 0 Å². The topological polar surface area (TPSA) is 51.2 Å². The number of carbonyl (C=O) groups excluding carboxylic acids is 1. The quantitative estimate of drug-likeness (QED) is 0.704. The zero-order chi connectivity index (χ0) is 21.1. The van der Waals surface area contributed by atoms with Crippen LogP contribution in [0.4, 0.5) is 5.69 Å². The second kappa shape index (κ2) is 8.56. The lowest BCUT2D eigenvalue weighted by molar-refractivity contribution is 0.0926. The Kier molecular flexibility index (Phi) is 5.86. The number of hydrogen-bond acceptors (Lipinski definition) is 6. The fourth-order valence-electron chi connectivity index (χ4n) is 3.75. The molecule has 0 bridgehead atoms. The maximum atomic E-state index is 12.9. The predicted molar refractivity (Wildman–Crippen MR) is 117 cm³/mol. The Morgan fingerprint density at radius 3 is 2.30 bits per heavy atom. The molecule has 2 aliphatic rings. The Morgan fingerprint density at radius 2 is 1.63 bits per heavy atom. The monoisotopic (exact) mass is 410 g/mol. The van der Waals surface area contributed by atoms with Gasteiger partial charge in [-0.25, -0.2) is 0 Å². The Bertz CT molecular complexity index is 887. The largest absolute Gasteiger partial charge is 0.497 e. The van der Waals surface area contributed by atoms with Gasteiger partial charge in [0.05, 0.1) is 26.9 Å². The summed E-state index contributed by atoms with van der Waals surface area (Å²) in [6, 6.07) is 13.7. The van der Waals surface area contributed by atoms with Gasteiger partial charge in [0.15, 0.2) is 17.3 Å². The molecule has 0 radical (unpaired) electrons. The number of benzene rings is 2. The lowest BCUT2D eigenvalue weighted by Crippen LogP contribution is -2.48. The number of ether oxygens (including phenoxy) is 3. The molecule has 2 aromatic rings. The smallest absolute Gasteiger partial charge is 0.176 e. The predicted octanol–water partition coefficient (Wildman–Crippen LogP) is 3.50. The minimum absolute atomic E-state index is 0.0489. The molecule has 4 rings (SSSR count). The van der Waals surface area contributed by atoms with E-state index < -0.39 is 0 Å². The van der Waals surface area contributed by atoms with Gasteiger partial charge in [0.1, 0.15) is 5.75 Å². The summed E-state index contributed by atoms with van der Waals surface area (Å²) in [6.07, 6.45) is 0. The van der Waals surface area contributed by atoms with E-state index in [0.29, 0.717) is 36.8 Å². The summed E-state index contributed by atoms with van der Waals surface area (Å²) >= 11 is 0. The van der Waals surface area contributed by atoms with E-state index in [1.165, 1.54) is 5.69 Å². The molecule has 0 saturated carbocycles. The molecule has 0 aromatic heterocycles. The summed E-state index contributed by atoms with van der Waals surface area (Å²) in [5.74, 6) is 2.35. The molecule has 0 aliphatic carbocycles. The summed E-state index contributed by atoms with van der Waals surface area (Å²) < 4.78 is 17.0. The maximum Gasteiger partial charge on any atom is 0.176 e. The average Bonchev–Trinajstić information content (AvgIpc) is 2.92. The van der Waals surface area contributed by atoms with Crippen molar-refractivity contribution in [2.75, 3.05) is 57.9 Å². The fraction of sp³-hybridized carbons (Fsp3) is 0.458. The molecular weight excluding hydrogens is 380 g/mol. The molecule has 0 spiro atoms. The Labute approximate surface area is 178 Å². The normalized spacial score (nSPS) is 18.6. The summed E-state index contributed by atoms with van der Waals surface area (Å²) in [5, 5.41) is 0. The summed E-state index contributed by atoms with van der Waals surface area (Å²) in [4.78, 5) is 17.4. The minimum Gasteiger partial charge on any atom is -0.497 e. The van der Waals surface area contributed by atoms with E-state index in [-0.39, 0.29) is 11.2 Å². The van der Waals surface area contributed by atoms with Gasteiger partial charge >= 0.3 is 0 Å². The first kappa shape index (κ1) is 20.5. The van der Waals surface area contributed by atoms with Gasteiger partial charge in [-0.1, -0.05) is 13.8 Å². The van der Waals surface area contributed by atoms with E-state index in [2.05, 4.69) is 35.8 Å². The highest BCUT2D eigenvalue weighted by atomic mass is 16.5. The molecule has 0 unspecified atom stereocenters. The van der Waals surface area contributed by atoms with Crippen molar-refractivity contribution in [3.63, 3.8) is 0 Å². The number of piperazine rings is 1.